The number of unbranched alkanes of at least 4 members (excludes halogenated alkanes) is 4. The average molecular weight is 204 g/mol. The van der Waals surface area contributed by atoms with Crippen molar-refractivity contribution in [2.45, 2.75) is 51.0 Å². The summed E-state index contributed by atoms with van der Waals surface area (Å²) in [5.74, 6) is -1.34. The van der Waals surface area contributed by atoms with Gasteiger partial charge in [0.15, 0.2) is 5.60 Å². The lowest BCUT2D eigenvalue weighted by Gasteiger charge is -2.20. The SMILES string of the molecule is CCCCCCCC(O)(CO)C(=O)O. The second-order valence-electron chi connectivity index (χ2n) is 3.66. The number of carboxylic acids is 1. The highest BCUT2D eigenvalue weighted by atomic mass is 16.4. The van der Waals surface area contributed by atoms with E-state index in [9.17, 15) is 9.90 Å². The van der Waals surface area contributed by atoms with Gasteiger partial charge in [-0.15, -0.1) is 0 Å². The lowest BCUT2D eigenvalue weighted by molar-refractivity contribution is -0.163. The van der Waals surface area contributed by atoms with Gasteiger partial charge in [-0.05, 0) is 12.8 Å². The van der Waals surface area contributed by atoms with E-state index in [1.54, 1.807) is 0 Å². The van der Waals surface area contributed by atoms with E-state index >= 15 is 0 Å². The third kappa shape index (κ3) is 4.58. The number of aliphatic hydroxyl groups is 2. The molecule has 84 valence electrons. The highest BCUT2D eigenvalue weighted by Crippen LogP contribution is 2.15. The zero-order chi connectivity index (χ0) is 11.0. The molecule has 0 aromatic heterocycles. The van der Waals surface area contributed by atoms with Crippen molar-refractivity contribution in [3.63, 3.8) is 0 Å². The quantitative estimate of drug-likeness (QED) is 0.518. The van der Waals surface area contributed by atoms with Crippen molar-refractivity contribution in [2.24, 2.45) is 0 Å². The number of aliphatic hydroxyl groups excluding tert-OH is 1. The number of hydrogen-bond donors (Lipinski definition) is 3. The first-order valence-electron chi connectivity index (χ1n) is 5.13. The van der Waals surface area contributed by atoms with Gasteiger partial charge in [0, 0.05) is 0 Å². The first-order chi connectivity index (χ1) is 6.56. The van der Waals surface area contributed by atoms with Gasteiger partial charge in [0.2, 0.25) is 0 Å². The molecule has 0 fully saturated rings. The zero-order valence-electron chi connectivity index (χ0n) is 8.70. The number of carboxylic acid groups (broad SMARTS) is 1. The van der Waals surface area contributed by atoms with E-state index in [-0.39, 0.29) is 6.42 Å². The van der Waals surface area contributed by atoms with Crippen molar-refractivity contribution < 1.29 is 20.1 Å². The summed E-state index contributed by atoms with van der Waals surface area (Å²) in [6, 6.07) is 0. The third-order valence-electron chi connectivity index (χ3n) is 2.35. The van der Waals surface area contributed by atoms with E-state index in [2.05, 4.69) is 6.92 Å². The predicted octanol–water partition coefficient (Wildman–Crippen LogP) is 1.15. The Bertz CT molecular complexity index is 170. The van der Waals surface area contributed by atoms with Crippen molar-refractivity contribution in [3.8, 4) is 0 Å². The standard InChI is InChI=1S/C10H20O4/c1-2-3-4-5-6-7-10(14,8-11)9(12)13/h11,14H,2-8H2,1H3,(H,12,13). The molecule has 0 rings (SSSR count). The van der Waals surface area contributed by atoms with Crippen LogP contribution >= 0.6 is 0 Å². The van der Waals surface area contributed by atoms with Crippen LogP contribution in [0.3, 0.4) is 0 Å². The van der Waals surface area contributed by atoms with Gasteiger partial charge in [0.05, 0.1) is 6.61 Å². The minimum absolute atomic E-state index is 0.128. The van der Waals surface area contributed by atoms with Crippen molar-refractivity contribution in [1.82, 2.24) is 0 Å². The zero-order valence-corrected chi connectivity index (χ0v) is 8.70. The molecule has 0 aliphatic rings. The monoisotopic (exact) mass is 204 g/mol. The maximum atomic E-state index is 10.6. The predicted molar refractivity (Wildman–Crippen MR) is 53.0 cm³/mol. The summed E-state index contributed by atoms with van der Waals surface area (Å²) in [5.41, 5.74) is -1.94. The molecular weight excluding hydrogens is 184 g/mol. The Labute approximate surface area is 84.6 Å². The molecule has 1 unspecified atom stereocenters. The normalized spacial score (nSPS) is 15.1. The Morgan fingerprint density at radius 1 is 1.21 bits per heavy atom. The summed E-state index contributed by atoms with van der Waals surface area (Å²) in [4.78, 5) is 10.6. The Kier molecular flexibility index (Phi) is 6.49. The molecule has 1 atom stereocenters. The maximum Gasteiger partial charge on any atom is 0.338 e. The Hall–Kier alpha value is -0.610. The fourth-order valence-corrected chi connectivity index (χ4v) is 1.27. The van der Waals surface area contributed by atoms with E-state index < -0.39 is 18.2 Å². The molecule has 0 aliphatic carbocycles. The molecule has 0 bridgehead atoms. The molecule has 4 heteroatoms. The summed E-state index contributed by atoms with van der Waals surface area (Å²) in [7, 11) is 0. The lowest BCUT2D eigenvalue weighted by Crippen LogP contribution is -2.42. The van der Waals surface area contributed by atoms with Crippen molar-refractivity contribution >= 4 is 5.97 Å². The van der Waals surface area contributed by atoms with Crippen LogP contribution in [0.5, 0.6) is 0 Å². The highest BCUT2D eigenvalue weighted by Gasteiger charge is 2.34. The van der Waals surface area contributed by atoms with Crippen LogP contribution in [0.15, 0.2) is 0 Å². The minimum atomic E-state index is -1.94. The van der Waals surface area contributed by atoms with Crippen LogP contribution in [0.25, 0.3) is 0 Å². The second-order valence-corrected chi connectivity index (χ2v) is 3.66. The van der Waals surface area contributed by atoms with Gasteiger partial charge >= 0.3 is 5.97 Å². The molecule has 0 aromatic rings. The van der Waals surface area contributed by atoms with E-state index in [1.165, 1.54) is 0 Å². The summed E-state index contributed by atoms with van der Waals surface area (Å²) in [6.07, 6.45) is 4.99. The first kappa shape index (κ1) is 13.4. The summed E-state index contributed by atoms with van der Waals surface area (Å²) in [5, 5.41) is 26.8. The molecule has 14 heavy (non-hydrogen) atoms. The molecule has 0 aliphatic heterocycles. The molecule has 0 saturated carbocycles. The van der Waals surface area contributed by atoms with E-state index in [0.29, 0.717) is 6.42 Å². The average Bonchev–Trinajstić information content (AvgIpc) is 2.17. The molecule has 3 N–H and O–H groups in total. The van der Waals surface area contributed by atoms with Crippen LogP contribution < -0.4 is 0 Å². The Morgan fingerprint density at radius 2 is 1.79 bits per heavy atom. The van der Waals surface area contributed by atoms with Gasteiger partial charge < -0.3 is 15.3 Å². The van der Waals surface area contributed by atoms with Crippen LogP contribution in [0.4, 0.5) is 0 Å². The molecule has 0 radical (unpaired) electrons. The summed E-state index contributed by atoms with van der Waals surface area (Å²) >= 11 is 0. The van der Waals surface area contributed by atoms with E-state index in [0.717, 1.165) is 25.7 Å². The van der Waals surface area contributed by atoms with Crippen molar-refractivity contribution in [2.75, 3.05) is 6.61 Å². The lowest BCUT2D eigenvalue weighted by atomic mass is 9.97. The fourth-order valence-electron chi connectivity index (χ4n) is 1.27. The fraction of sp³-hybridized carbons (Fsp3) is 0.900. The van der Waals surface area contributed by atoms with Crippen molar-refractivity contribution in [3.05, 3.63) is 0 Å². The molecule has 0 spiro atoms. The number of carbonyl (C=O) groups is 1. The van der Waals surface area contributed by atoms with Gasteiger partial charge in [0.1, 0.15) is 0 Å². The molecule has 0 heterocycles. The van der Waals surface area contributed by atoms with Crippen LogP contribution in [0.2, 0.25) is 0 Å². The first-order valence-corrected chi connectivity index (χ1v) is 5.13. The van der Waals surface area contributed by atoms with Crippen LogP contribution in [-0.4, -0.2) is 33.5 Å². The summed E-state index contributed by atoms with van der Waals surface area (Å²) in [6.45, 7) is 1.39. The molecule has 0 amide bonds. The van der Waals surface area contributed by atoms with E-state index in [1.807, 2.05) is 0 Å². The summed E-state index contributed by atoms with van der Waals surface area (Å²) < 4.78 is 0. The number of aliphatic carboxylic acids is 1. The largest absolute Gasteiger partial charge is 0.479 e. The van der Waals surface area contributed by atoms with Crippen LogP contribution in [0, 0.1) is 0 Å². The third-order valence-corrected chi connectivity index (χ3v) is 2.35. The van der Waals surface area contributed by atoms with Gasteiger partial charge in [-0.25, -0.2) is 4.79 Å². The molecule has 0 saturated heterocycles. The Morgan fingerprint density at radius 3 is 2.21 bits per heavy atom. The van der Waals surface area contributed by atoms with Crippen molar-refractivity contribution in [1.29, 1.82) is 0 Å². The number of hydrogen-bond acceptors (Lipinski definition) is 3. The molecule has 4 nitrogen and oxygen atoms in total. The number of rotatable bonds is 8. The smallest absolute Gasteiger partial charge is 0.338 e. The molecular formula is C10H20O4. The Balaban J connectivity index is 3.68. The van der Waals surface area contributed by atoms with Gasteiger partial charge in [-0.3, -0.25) is 0 Å². The second kappa shape index (κ2) is 6.79. The van der Waals surface area contributed by atoms with Gasteiger partial charge in [-0.2, -0.15) is 0 Å². The minimum Gasteiger partial charge on any atom is -0.479 e. The van der Waals surface area contributed by atoms with Gasteiger partial charge in [0.25, 0.3) is 0 Å². The highest BCUT2D eigenvalue weighted by molar-refractivity contribution is 5.77. The van der Waals surface area contributed by atoms with Crippen LogP contribution in [0.1, 0.15) is 45.4 Å². The van der Waals surface area contributed by atoms with E-state index in [4.69, 9.17) is 10.2 Å². The topological polar surface area (TPSA) is 77.8 Å². The molecule has 0 aromatic carbocycles. The van der Waals surface area contributed by atoms with Gasteiger partial charge in [-0.1, -0.05) is 32.6 Å². The van der Waals surface area contributed by atoms with Crippen LogP contribution in [-0.2, 0) is 4.79 Å². The maximum absolute atomic E-state index is 10.6.